The van der Waals surface area contributed by atoms with Crippen LogP contribution in [0.1, 0.15) is 11.5 Å². The number of nitrogens with zero attached hydrogens (tertiary/aromatic N) is 4. The minimum Gasteiger partial charge on any atom is -0.325 e. The second-order valence-corrected chi connectivity index (χ2v) is 3.06. The van der Waals surface area contributed by atoms with Gasteiger partial charge in [-0.2, -0.15) is 0 Å². The van der Waals surface area contributed by atoms with Gasteiger partial charge in [0.15, 0.2) is 5.82 Å². The molecule has 0 radical (unpaired) electrons. The molecule has 0 fully saturated rings. The number of hydrogen-bond acceptors (Lipinski definition) is 5. The van der Waals surface area contributed by atoms with Crippen LogP contribution < -0.4 is 5.73 Å². The van der Waals surface area contributed by atoms with Gasteiger partial charge >= 0.3 is 0 Å². The summed E-state index contributed by atoms with van der Waals surface area (Å²) >= 11 is 0. The molecule has 0 aliphatic rings. The van der Waals surface area contributed by atoms with E-state index in [2.05, 4.69) is 19.9 Å². The Balaban J connectivity index is 2.44. The SMILES string of the molecule is Cc1nccc(-c2nccc(CN)n2)n1. The molecule has 0 atom stereocenters. The van der Waals surface area contributed by atoms with Crippen molar-refractivity contribution < 1.29 is 0 Å². The van der Waals surface area contributed by atoms with Gasteiger partial charge in [0.05, 0.1) is 5.69 Å². The highest BCUT2D eigenvalue weighted by molar-refractivity contribution is 5.47. The minimum atomic E-state index is 0.402. The maximum atomic E-state index is 5.50. The molecule has 0 aliphatic heterocycles. The van der Waals surface area contributed by atoms with Crippen molar-refractivity contribution in [3.8, 4) is 11.5 Å². The van der Waals surface area contributed by atoms with Gasteiger partial charge in [0.1, 0.15) is 11.5 Å². The Morgan fingerprint density at radius 1 is 1.13 bits per heavy atom. The summed E-state index contributed by atoms with van der Waals surface area (Å²) in [4.78, 5) is 16.7. The van der Waals surface area contributed by atoms with E-state index in [1.807, 2.05) is 6.92 Å². The van der Waals surface area contributed by atoms with Crippen LogP contribution >= 0.6 is 0 Å². The summed E-state index contributed by atoms with van der Waals surface area (Å²) in [6.45, 7) is 2.23. The molecule has 2 heterocycles. The molecule has 2 N–H and O–H groups in total. The van der Waals surface area contributed by atoms with Gasteiger partial charge in [-0.05, 0) is 19.1 Å². The van der Waals surface area contributed by atoms with Crippen LogP contribution in [0.4, 0.5) is 0 Å². The van der Waals surface area contributed by atoms with Crippen LogP contribution in [0.25, 0.3) is 11.5 Å². The molecular formula is C10H11N5. The predicted octanol–water partition coefficient (Wildman–Crippen LogP) is 0.701. The number of nitrogens with two attached hydrogens (primary N) is 1. The summed E-state index contributed by atoms with van der Waals surface area (Å²) < 4.78 is 0. The number of aryl methyl sites for hydroxylation is 1. The minimum absolute atomic E-state index is 0.402. The third-order valence-corrected chi connectivity index (χ3v) is 1.93. The van der Waals surface area contributed by atoms with Crippen LogP contribution in [0.15, 0.2) is 24.5 Å². The number of aromatic nitrogens is 4. The molecule has 0 spiro atoms. The molecular weight excluding hydrogens is 190 g/mol. The zero-order valence-corrected chi connectivity index (χ0v) is 8.38. The first-order valence-electron chi connectivity index (χ1n) is 4.61. The van der Waals surface area contributed by atoms with Gasteiger partial charge in [0.25, 0.3) is 0 Å². The first kappa shape index (κ1) is 9.67. The molecule has 2 aromatic rings. The first-order valence-corrected chi connectivity index (χ1v) is 4.61. The standard InChI is InChI=1S/C10H11N5/c1-7-12-5-3-9(14-7)10-13-4-2-8(6-11)15-10/h2-5H,6,11H2,1H3. The molecule has 2 rings (SSSR count). The van der Waals surface area contributed by atoms with E-state index in [0.717, 1.165) is 11.4 Å². The second-order valence-electron chi connectivity index (χ2n) is 3.06. The summed E-state index contributed by atoms with van der Waals surface area (Å²) in [6.07, 6.45) is 3.37. The first-order chi connectivity index (χ1) is 7.29. The molecule has 5 heteroatoms. The van der Waals surface area contributed by atoms with E-state index in [-0.39, 0.29) is 0 Å². The van der Waals surface area contributed by atoms with E-state index in [4.69, 9.17) is 5.73 Å². The van der Waals surface area contributed by atoms with Crippen molar-refractivity contribution in [3.63, 3.8) is 0 Å². The molecule has 0 unspecified atom stereocenters. The highest BCUT2D eigenvalue weighted by atomic mass is 14.9. The molecule has 76 valence electrons. The maximum absolute atomic E-state index is 5.50. The Morgan fingerprint density at radius 3 is 2.67 bits per heavy atom. The lowest BCUT2D eigenvalue weighted by Gasteiger charge is -2.01. The number of hydrogen-bond donors (Lipinski definition) is 1. The van der Waals surface area contributed by atoms with Crippen molar-refractivity contribution in [2.45, 2.75) is 13.5 Å². The molecule has 0 saturated heterocycles. The maximum Gasteiger partial charge on any atom is 0.178 e. The molecule has 0 amide bonds. The van der Waals surface area contributed by atoms with Crippen molar-refractivity contribution in [2.24, 2.45) is 5.73 Å². The van der Waals surface area contributed by atoms with E-state index in [1.165, 1.54) is 0 Å². The highest BCUT2D eigenvalue weighted by Gasteiger charge is 2.03. The summed E-state index contributed by atoms with van der Waals surface area (Å²) in [5.41, 5.74) is 7.03. The Morgan fingerprint density at radius 2 is 1.93 bits per heavy atom. The Bertz CT molecular complexity index is 469. The van der Waals surface area contributed by atoms with Crippen molar-refractivity contribution >= 4 is 0 Å². The molecule has 5 nitrogen and oxygen atoms in total. The molecule has 2 aromatic heterocycles. The van der Waals surface area contributed by atoms with Crippen molar-refractivity contribution in [2.75, 3.05) is 0 Å². The average Bonchev–Trinajstić information content (AvgIpc) is 2.29. The normalized spacial score (nSPS) is 10.3. The number of rotatable bonds is 2. The van der Waals surface area contributed by atoms with Gasteiger partial charge < -0.3 is 5.73 Å². The largest absolute Gasteiger partial charge is 0.325 e. The highest BCUT2D eigenvalue weighted by Crippen LogP contribution is 2.10. The van der Waals surface area contributed by atoms with Crippen LogP contribution in [0.5, 0.6) is 0 Å². The van der Waals surface area contributed by atoms with E-state index in [1.54, 1.807) is 24.5 Å². The summed E-state index contributed by atoms with van der Waals surface area (Å²) in [5.74, 6) is 1.29. The lowest BCUT2D eigenvalue weighted by molar-refractivity contribution is 0.956. The fraction of sp³-hybridized carbons (Fsp3) is 0.200. The van der Waals surface area contributed by atoms with Crippen LogP contribution in [0.2, 0.25) is 0 Å². The van der Waals surface area contributed by atoms with E-state index < -0.39 is 0 Å². The third-order valence-electron chi connectivity index (χ3n) is 1.93. The van der Waals surface area contributed by atoms with Crippen molar-refractivity contribution in [1.82, 2.24) is 19.9 Å². The zero-order chi connectivity index (χ0) is 10.7. The molecule has 0 saturated carbocycles. The summed E-state index contributed by atoms with van der Waals surface area (Å²) in [7, 11) is 0. The van der Waals surface area contributed by atoms with Crippen molar-refractivity contribution in [3.05, 3.63) is 36.0 Å². The topological polar surface area (TPSA) is 77.6 Å². The van der Waals surface area contributed by atoms with Crippen LogP contribution in [0.3, 0.4) is 0 Å². The van der Waals surface area contributed by atoms with Gasteiger partial charge in [0.2, 0.25) is 0 Å². The lowest BCUT2D eigenvalue weighted by atomic mass is 10.3. The van der Waals surface area contributed by atoms with Gasteiger partial charge in [-0.25, -0.2) is 19.9 Å². The van der Waals surface area contributed by atoms with E-state index in [9.17, 15) is 0 Å². The predicted molar refractivity (Wildman–Crippen MR) is 55.7 cm³/mol. The zero-order valence-electron chi connectivity index (χ0n) is 8.38. The Hall–Kier alpha value is -1.88. The van der Waals surface area contributed by atoms with E-state index >= 15 is 0 Å². The monoisotopic (exact) mass is 201 g/mol. The van der Waals surface area contributed by atoms with Gasteiger partial charge in [-0.3, -0.25) is 0 Å². The average molecular weight is 201 g/mol. The Labute approximate surface area is 87.4 Å². The molecule has 0 aromatic carbocycles. The summed E-state index contributed by atoms with van der Waals surface area (Å²) in [6, 6.07) is 3.57. The summed E-state index contributed by atoms with van der Waals surface area (Å²) in [5, 5.41) is 0. The smallest absolute Gasteiger partial charge is 0.178 e. The molecule has 15 heavy (non-hydrogen) atoms. The lowest BCUT2D eigenvalue weighted by Crippen LogP contribution is -2.02. The third kappa shape index (κ3) is 2.13. The second kappa shape index (κ2) is 4.10. The van der Waals surface area contributed by atoms with Crippen LogP contribution in [-0.4, -0.2) is 19.9 Å². The fourth-order valence-electron chi connectivity index (χ4n) is 1.21. The van der Waals surface area contributed by atoms with E-state index in [0.29, 0.717) is 18.2 Å². The van der Waals surface area contributed by atoms with Gasteiger partial charge in [0, 0.05) is 18.9 Å². The quantitative estimate of drug-likeness (QED) is 0.773. The van der Waals surface area contributed by atoms with Gasteiger partial charge in [-0.15, -0.1) is 0 Å². The van der Waals surface area contributed by atoms with Gasteiger partial charge in [-0.1, -0.05) is 0 Å². The van der Waals surface area contributed by atoms with Crippen molar-refractivity contribution in [1.29, 1.82) is 0 Å². The Kier molecular flexibility index (Phi) is 2.64. The molecule has 0 aliphatic carbocycles. The molecule has 0 bridgehead atoms. The fourth-order valence-corrected chi connectivity index (χ4v) is 1.21. The van der Waals surface area contributed by atoms with Crippen LogP contribution in [0, 0.1) is 6.92 Å². The van der Waals surface area contributed by atoms with Crippen LogP contribution in [-0.2, 0) is 6.54 Å².